The van der Waals surface area contributed by atoms with Gasteiger partial charge in [0.2, 0.25) is 0 Å². The number of hydrogen-bond acceptors (Lipinski definition) is 1. The Kier molecular flexibility index (Phi) is 7.47. The first kappa shape index (κ1) is 31.6. The Bertz CT molecular complexity index is 2630. The number of anilines is 2. The maximum absolute atomic E-state index is 2.48. The average Bonchev–Trinajstić information content (AvgIpc) is 3.74. The van der Waals surface area contributed by atoms with Crippen LogP contribution in [-0.4, -0.2) is 4.57 Å². The molecule has 3 aliphatic rings. The third-order valence-corrected chi connectivity index (χ3v) is 11.7. The van der Waals surface area contributed by atoms with Gasteiger partial charge in [-0.2, -0.15) is 0 Å². The summed E-state index contributed by atoms with van der Waals surface area (Å²) in [6.07, 6.45) is 15.9. The minimum absolute atomic E-state index is 0.172. The summed E-state index contributed by atoms with van der Waals surface area (Å²) in [5.41, 5.74) is 19.1. The minimum Gasteiger partial charge on any atom is -0.317 e. The molecule has 0 saturated carbocycles. The van der Waals surface area contributed by atoms with Gasteiger partial charge in [-0.1, -0.05) is 123 Å². The van der Waals surface area contributed by atoms with Gasteiger partial charge < -0.3 is 9.47 Å². The standard InChI is InChI=1S/C51H42N2/c1-51(2)47-33-42(52-31-30-40-32-39(22-29-49(40)52)36-14-7-4-8-15-36)25-27-45(47)46-28-26-43(34-48(46)51)53(50-19-11-17-38-16-9-10-18-44(38)50)41-23-20-37(21-24-41)35-12-5-3-6-13-35/h3,5-7,9-10,12-16,18-34H,4,8,11,17H2,1-2H3. The molecule has 7 aromatic rings. The van der Waals surface area contributed by atoms with E-state index in [9.17, 15) is 0 Å². The molecule has 0 aliphatic heterocycles. The van der Waals surface area contributed by atoms with E-state index in [0.29, 0.717) is 0 Å². The summed E-state index contributed by atoms with van der Waals surface area (Å²) in [7, 11) is 0. The molecule has 1 aromatic heterocycles. The van der Waals surface area contributed by atoms with Gasteiger partial charge in [-0.25, -0.2) is 0 Å². The van der Waals surface area contributed by atoms with E-state index in [1.54, 1.807) is 0 Å². The number of fused-ring (bicyclic) bond motifs is 5. The van der Waals surface area contributed by atoms with E-state index in [-0.39, 0.29) is 5.41 Å². The highest BCUT2D eigenvalue weighted by Crippen LogP contribution is 2.51. The van der Waals surface area contributed by atoms with Gasteiger partial charge in [0.25, 0.3) is 0 Å². The van der Waals surface area contributed by atoms with Crippen LogP contribution in [0.15, 0.2) is 170 Å². The molecule has 2 nitrogen and oxygen atoms in total. The first-order chi connectivity index (χ1) is 26.0. The van der Waals surface area contributed by atoms with E-state index in [0.717, 1.165) is 25.7 Å². The summed E-state index contributed by atoms with van der Waals surface area (Å²) in [5, 5.41) is 1.27. The Balaban J connectivity index is 1.04. The molecule has 3 aliphatic carbocycles. The van der Waals surface area contributed by atoms with Crippen molar-refractivity contribution >= 4 is 33.5 Å². The second-order valence-corrected chi connectivity index (χ2v) is 15.2. The van der Waals surface area contributed by atoms with Crippen LogP contribution in [0.4, 0.5) is 11.4 Å². The lowest BCUT2D eigenvalue weighted by Crippen LogP contribution is -2.20. The van der Waals surface area contributed by atoms with Crippen LogP contribution in [0, 0.1) is 0 Å². The van der Waals surface area contributed by atoms with E-state index < -0.39 is 0 Å². The topological polar surface area (TPSA) is 8.17 Å². The highest BCUT2D eigenvalue weighted by Gasteiger charge is 2.37. The lowest BCUT2D eigenvalue weighted by molar-refractivity contribution is 0.660. The van der Waals surface area contributed by atoms with Crippen molar-refractivity contribution in [3.63, 3.8) is 0 Å². The van der Waals surface area contributed by atoms with Crippen molar-refractivity contribution in [2.75, 3.05) is 4.90 Å². The lowest BCUT2D eigenvalue weighted by Gasteiger charge is -2.32. The molecule has 0 bridgehead atoms. The van der Waals surface area contributed by atoms with Crippen LogP contribution >= 0.6 is 0 Å². The van der Waals surface area contributed by atoms with Crippen LogP contribution in [0.1, 0.15) is 60.9 Å². The first-order valence-electron chi connectivity index (χ1n) is 19.0. The summed E-state index contributed by atoms with van der Waals surface area (Å²) in [4.78, 5) is 2.48. The van der Waals surface area contributed by atoms with Crippen molar-refractivity contribution in [1.29, 1.82) is 0 Å². The highest BCUT2D eigenvalue weighted by molar-refractivity contribution is 5.93. The van der Waals surface area contributed by atoms with Gasteiger partial charge in [0.05, 0.1) is 5.52 Å². The van der Waals surface area contributed by atoms with Crippen molar-refractivity contribution in [3.05, 3.63) is 198 Å². The average molecular weight is 683 g/mol. The minimum atomic E-state index is -0.172. The molecule has 0 amide bonds. The maximum atomic E-state index is 2.48. The molecular weight excluding hydrogens is 641 g/mol. The van der Waals surface area contributed by atoms with Crippen molar-refractivity contribution in [2.24, 2.45) is 0 Å². The Hall–Kier alpha value is -6.12. The van der Waals surface area contributed by atoms with Crippen LogP contribution in [0.5, 0.6) is 0 Å². The molecule has 53 heavy (non-hydrogen) atoms. The quantitative estimate of drug-likeness (QED) is 0.169. The predicted octanol–water partition coefficient (Wildman–Crippen LogP) is 13.5. The van der Waals surface area contributed by atoms with Gasteiger partial charge in [0, 0.05) is 45.3 Å². The van der Waals surface area contributed by atoms with E-state index in [2.05, 4.69) is 193 Å². The van der Waals surface area contributed by atoms with Gasteiger partial charge in [0.1, 0.15) is 0 Å². The van der Waals surface area contributed by atoms with Gasteiger partial charge in [-0.3, -0.25) is 0 Å². The molecule has 0 unspecified atom stereocenters. The molecule has 0 atom stereocenters. The maximum Gasteiger partial charge on any atom is 0.0528 e. The number of benzene rings is 6. The van der Waals surface area contributed by atoms with Crippen molar-refractivity contribution in [2.45, 2.75) is 44.9 Å². The molecule has 0 spiro atoms. The molecule has 1 heterocycles. The fourth-order valence-corrected chi connectivity index (χ4v) is 8.91. The summed E-state index contributed by atoms with van der Waals surface area (Å²) >= 11 is 0. The zero-order valence-electron chi connectivity index (χ0n) is 30.4. The number of hydrogen-bond donors (Lipinski definition) is 0. The molecular formula is C51H42N2. The smallest absolute Gasteiger partial charge is 0.0528 e. The Morgan fingerprint density at radius 3 is 2.13 bits per heavy atom. The largest absolute Gasteiger partial charge is 0.317 e. The second kappa shape index (κ2) is 12.5. The third-order valence-electron chi connectivity index (χ3n) is 11.7. The van der Waals surface area contributed by atoms with Gasteiger partial charge in [-0.15, -0.1) is 0 Å². The molecule has 256 valence electrons. The Morgan fingerprint density at radius 2 is 1.30 bits per heavy atom. The number of nitrogens with zero attached hydrogens (tertiary/aromatic N) is 2. The van der Waals surface area contributed by atoms with E-state index in [1.165, 1.54) is 89.3 Å². The van der Waals surface area contributed by atoms with Crippen LogP contribution in [0.3, 0.4) is 0 Å². The van der Waals surface area contributed by atoms with Gasteiger partial charge in [-0.05, 0) is 130 Å². The van der Waals surface area contributed by atoms with Crippen molar-refractivity contribution < 1.29 is 0 Å². The SMILES string of the molecule is CC1(C)c2cc(N(C3=CCCc4ccccc43)c3ccc(-c4ccccc4)cc3)ccc2-c2ccc(-n3ccc4cc(C5=CCCC=C5)ccc43)cc21. The summed E-state index contributed by atoms with van der Waals surface area (Å²) < 4.78 is 2.35. The zero-order valence-corrected chi connectivity index (χ0v) is 30.4. The zero-order chi connectivity index (χ0) is 35.5. The number of aryl methyl sites for hydroxylation is 1. The van der Waals surface area contributed by atoms with Crippen molar-refractivity contribution in [3.8, 4) is 27.9 Å². The van der Waals surface area contributed by atoms with E-state index in [4.69, 9.17) is 0 Å². The van der Waals surface area contributed by atoms with Crippen LogP contribution < -0.4 is 4.90 Å². The van der Waals surface area contributed by atoms with Crippen molar-refractivity contribution in [1.82, 2.24) is 4.57 Å². The fourth-order valence-electron chi connectivity index (χ4n) is 8.91. The second-order valence-electron chi connectivity index (χ2n) is 15.2. The Labute approximate surface area is 312 Å². The molecule has 0 saturated heterocycles. The van der Waals surface area contributed by atoms with Crippen LogP contribution in [-0.2, 0) is 11.8 Å². The first-order valence-corrected chi connectivity index (χ1v) is 19.0. The third kappa shape index (κ3) is 5.32. The molecule has 6 aromatic carbocycles. The fraction of sp³-hybridized carbons (Fsp3) is 0.137. The van der Waals surface area contributed by atoms with E-state index in [1.807, 2.05) is 0 Å². The molecule has 0 N–H and O–H groups in total. The van der Waals surface area contributed by atoms with Gasteiger partial charge >= 0.3 is 0 Å². The van der Waals surface area contributed by atoms with Gasteiger partial charge in [0.15, 0.2) is 0 Å². The normalized spacial score (nSPS) is 15.4. The number of allylic oxidation sites excluding steroid dienone is 5. The lowest BCUT2D eigenvalue weighted by atomic mass is 9.82. The summed E-state index contributed by atoms with van der Waals surface area (Å²) in [6.45, 7) is 4.79. The van der Waals surface area contributed by atoms with Crippen LogP contribution in [0.2, 0.25) is 0 Å². The molecule has 2 heteroatoms. The predicted molar refractivity (Wildman–Crippen MR) is 224 cm³/mol. The number of aromatic nitrogens is 1. The van der Waals surface area contributed by atoms with Crippen LogP contribution in [0.25, 0.3) is 50.1 Å². The monoisotopic (exact) mass is 682 g/mol. The highest BCUT2D eigenvalue weighted by atomic mass is 15.2. The summed E-state index contributed by atoms with van der Waals surface area (Å²) in [6, 6.07) is 52.0. The molecule has 0 radical (unpaired) electrons. The van der Waals surface area contributed by atoms with E-state index >= 15 is 0 Å². The molecule has 10 rings (SSSR count). The molecule has 0 fully saturated rings. The summed E-state index contributed by atoms with van der Waals surface area (Å²) in [5.74, 6) is 0. The number of rotatable bonds is 6. The Morgan fingerprint density at radius 1 is 0.566 bits per heavy atom.